The average Bonchev–Trinajstić information content (AvgIpc) is 2.47. The summed E-state index contributed by atoms with van der Waals surface area (Å²) in [5.74, 6) is -1.79. The molecule has 23 heavy (non-hydrogen) atoms. The predicted molar refractivity (Wildman–Crippen MR) is 74.6 cm³/mol. The summed E-state index contributed by atoms with van der Waals surface area (Å²) in [7, 11) is 0. The molecular formula is C15H10F4N2O2. The van der Waals surface area contributed by atoms with E-state index in [1.54, 1.807) is 0 Å². The highest BCUT2D eigenvalue weighted by atomic mass is 19.4. The molecule has 0 heterocycles. The molecule has 2 N–H and O–H groups in total. The number of nitrogens with one attached hydrogen (secondary N) is 1. The van der Waals surface area contributed by atoms with Gasteiger partial charge < -0.3 is 5.11 Å². The van der Waals surface area contributed by atoms with E-state index < -0.39 is 29.2 Å². The van der Waals surface area contributed by atoms with E-state index in [0.717, 1.165) is 30.5 Å². The Morgan fingerprint density at radius 1 is 1.17 bits per heavy atom. The van der Waals surface area contributed by atoms with Crippen molar-refractivity contribution in [2.75, 3.05) is 0 Å². The maximum atomic E-state index is 13.0. The fourth-order valence-electron chi connectivity index (χ4n) is 1.69. The summed E-state index contributed by atoms with van der Waals surface area (Å²) in [6.45, 7) is 0. The number of alkyl halides is 3. The minimum atomic E-state index is -4.57. The Balaban J connectivity index is 2.13. The Hall–Kier alpha value is -2.90. The number of carbonyl (C=O) groups is 1. The summed E-state index contributed by atoms with van der Waals surface area (Å²) in [5.41, 5.74) is 0.840. The van der Waals surface area contributed by atoms with Crippen molar-refractivity contribution in [1.29, 1.82) is 0 Å². The zero-order valence-electron chi connectivity index (χ0n) is 11.4. The summed E-state index contributed by atoms with van der Waals surface area (Å²) >= 11 is 0. The first-order valence-corrected chi connectivity index (χ1v) is 6.26. The first-order chi connectivity index (χ1) is 10.8. The Bertz CT molecular complexity index is 757. The van der Waals surface area contributed by atoms with Crippen molar-refractivity contribution in [2.24, 2.45) is 5.10 Å². The molecule has 0 unspecified atom stereocenters. The lowest BCUT2D eigenvalue weighted by atomic mass is 10.1. The van der Waals surface area contributed by atoms with Crippen molar-refractivity contribution >= 4 is 12.1 Å². The fraction of sp³-hybridized carbons (Fsp3) is 0.0667. The molecule has 0 aliphatic rings. The second kappa shape index (κ2) is 6.47. The number of nitrogens with zero attached hydrogens (tertiary/aromatic N) is 1. The highest BCUT2D eigenvalue weighted by Gasteiger charge is 2.30. The van der Waals surface area contributed by atoms with Crippen LogP contribution in [0.15, 0.2) is 47.6 Å². The van der Waals surface area contributed by atoms with Crippen LogP contribution in [0, 0.1) is 5.82 Å². The van der Waals surface area contributed by atoms with E-state index in [4.69, 9.17) is 0 Å². The van der Waals surface area contributed by atoms with Crippen molar-refractivity contribution < 1.29 is 27.5 Å². The lowest BCUT2D eigenvalue weighted by Gasteiger charge is -2.08. The third-order valence-electron chi connectivity index (χ3n) is 2.81. The van der Waals surface area contributed by atoms with Gasteiger partial charge in [0.05, 0.1) is 11.8 Å². The third kappa shape index (κ3) is 4.29. The molecule has 0 saturated heterocycles. The Kier molecular flexibility index (Phi) is 4.63. The number of hydrazone groups is 1. The third-order valence-corrected chi connectivity index (χ3v) is 2.81. The van der Waals surface area contributed by atoms with Gasteiger partial charge in [-0.3, -0.25) is 4.79 Å². The van der Waals surface area contributed by atoms with Gasteiger partial charge in [0.1, 0.15) is 11.6 Å². The molecule has 120 valence electrons. The fourth-order valence-corrected chi connectivity index (χ4v) is 1.69. The van der Waals surface area contributed by atoms with Crippen molar-refractivity contribution in [3.63, 3.8) is 0 Å². The van der Waals surface area contributed by atoms with Crippen LogP contribution in [0.4, 0.5) is 17.6 Å². The molecule has 2 aromatic carbocycles. The van der Waals surface area contributed by atoms with E-state index in [1.165, 1.54) is 12.1 Å². The van der Waals surface area contributed by atoms with E-state index in [9.17, 15) is 27.5 Å². The van der Waals surface area contributed by atoms with Gasteiger partial charge in [0.15, 0.2) is 0 Å². The average molecular weight is 326 g/mol. The van der Waals surface area contributed by atoms with E-state index in [0.29, 0.717) is 6.07 Å². The molecule has 0 radical (unpaired) electrons. The SMILES string of the molecule is O=C(N/N=C/c1cc(C(F)(F)F)ccc1O)c1cccc(F)c1. The molecule has 0 saturated carbocycles. The topological polar surface area (TPSA) is 61.7 Å². The Morgan fingerprint density at radius 3 is 2.57 bits per heavy atom. The smallest absolute Gasteiger partial charge is 0.416 e. The number of halogens is 4. The normalized spacial score (nSPS) is 11.7. The highest BCUT2D eigenvalue weighted by molar-refractivity contribution is 5.95. The second-order valence-electron chi connectivity index (χ2n) is 4.48. The minimum absolute atomic E-state index is 0.00425. The van der Waals surface area contributed by atoms with Gasteiger partial charge in [-0.15, -0.1) is 0 Å². The maximum Gasteiger partial charge on any atom is 0.416 e. The molecule has 0 aliphatic heterocycles. The lowest BCUT2D eigenvalue weighted by Crippen LogP contribution is -2.17. The van der Waals surface area contributed by atoms with Crippen molar-refractivity contribution in [2.45, 2.75) is 6.18 Å². The Labute approximate surface area is 128 Å². The quantitative estimate of drug-likeness (QED) is 0.516. The molecular weight excluding hydrogens is 316 g/mol. The number of rotatable bonds is 3. The molecule has 0 atom stereocenters. The molecule has 0 spiro atoms. The standard InChI is InChI=1S/C15H10F4N2O2/c16-12-3-1-2-9(7-12)14(23)21-20-8-10-6-11(15(17,18)19)4-5-13(10)22/h1-8,22H,(H,21,23)/b20-8+. The summed E-state index contributed by atoms with van der Waals surface area (Å²) in [6, 6.07) is 7.08. The molecule has 0 fully saturated rings. The van der Waals surface area contributed by atoms with Crippen molar-refractivity contribution in [1.82, 2.24) is 5.43 Å². The summed E-state index contributed by atoms with van der Waals surface area (Å²) in [4.78, 5) is 11.7. The largest absolute Gasteiger partial charge is 0.507 e. The van der Waals surface area contributed by atoms with Gasteiger partial charge in [-0.05, 0) is 36.4 Å². The molecule has 0 aromatic heterocycles. The van der Waals surface area contributed by atoms with Crippen LogP contribution in [0.3, 0.4) is 0 Å². The molecule has 0 aliphatic carbocycles. The van der Waals surface area contributed by atoms with Crippen LogP contribution >= 0.6 is 0 Å². The van der Waals surface area contributed by atoms with Gasteiger partial charge in [-0.2, -0.15) is 18.3 Å². The first kappa shape index (κ1) is 16.5. The molecule has 4 nitrogen and oxygen atoms in total. The number of phenolic OH excluding ortho intramolecular Hbond substituents is 1. The zero-order valence-corrected chi connectivity index (χ0v) is 11.4. The first-order valence-electron chi connectivity index (χ1n) is 6.26. The number of hydrogen-bond donors (Lipinski definition) is 2. The molecule has 2 aromatic rings. The van der Waals surface area contributed by atoms with E-state index >= 15 is 0 Å². The van der Waals surface area contributed by atoms with Gasteiger partial charge in [-0.25, -0.2) is 9.82 Å². The van der Waals surface area contributed by atoms with Gasteiger partial charge in [-0.1, -0.05) is 6.07 Å². The predicted octanol–water partition coefficient (Wildman–Crippen LogP) is 3.31. The van der Waals surface area contributed by atoms with E-state index in [1.807, 2.05) is 5.43 Å². The highest BCUT2D eigenvalue weighted by Crippen LogP contribution is 2.31. The second-order valence-corrected chi connectivity index (χ2v) is 4.48. The number of hydrogen-bond acceptors (Lipinski definition) is 3. The van der Waals surface area contributed by atoms with Crippen LogP contribution in [0.5, 0.6) is 5.75 Å². The van der Waals surface area contributed by atoms with Crippen LogP contribution in [0.2, 0.25) is 0 Å². The van der Waals surface area contributed by atoms with Crippen LogP contribution in [0.1, 0.15) is 21.5 Å². The Morgan fingerprint density at radius 2 is 1.91 bits per heavy atom. The van der Waals surface area contributed by atoms with Gasteiger partial charge in [0, 0.05) is 11.1 Å². The van der Waals surface area contributed by atoms with E-state index in [-0.39, 0.29) is 11.1 Å². The summed E-state index contributed by atoms with van der Waals surface area (Å²) in [6.07, 6.45) is -3.71. The maximum absolute atomic E-state index is 13.0. The molecule has 8 heteroatoms. The van der Waals surface area contributed by atoms with Crippen LogP contribution in [-0.2, 0) is 6.18 Å². The lowest BCUT2D eigenvalue weighted by molar-refractivity contribution is -0.137. The van der Waals surface area contributed by atoms with Crippen LogP contribution < -0.4 is 5.43 Å². The van der Waals surface area contributed by atoms with Gasteiger partial charge >= 0.3 is 6.18 Å². The monoisotopic (exact) mass is 326 g/mol. The molecule has 2 rings (SSSR count). The van der Waals surface area contributed by atoms with Crippen LogP contribution in [0.25, 0.3) is 0 Å². The number of benzene rings is 2. The molecule has 0 bridgehead atoms. The number of carbonyl (C=O) groups excluding carboxylic acids is 1. The summed E-state index contributed by atoms with van der Waals surface area (Å²) in [5, 5.41) is 13.0. The van der Waals surface area contributed by atoms with Gasteiger partial charge in [0.2, 0.25) is 0 Å². The van der Waals surface area contributed by atoms with Crippen LogP contribution in [-0.4, -0.2) is 17.2 Å². The van der Waals surface area contributed by atoms with Crippen molar-refractivity contribution in [3.05, 3.63) is 65.0 Å². The number of amides is 1. The molecule has 1 amide bonds. The van der Waals surface area contributed by atoms with E-state index in [2.05, 4.69) is 5.10 Å². The zero-order chi connectivity index (χ0) is 17.0. The minimum Gasteiger partial charge on any atom is -0.507 e. The number of aromatic hydroxyl groups is 1. The summed E-state index contributed by atoms with van der Waals surface area (Å²) < 4.78 is 50.7. The number of phenols is 1. The van der Waals surface area contributed by atoms with Crippen molar-refractivity contribution in [3.8, 4) is 5.75 Å². The van der Waals surface area contributed by atoms with Gasteiger partial charge in [0.25, 0.3) is 5.91 Å².